The maximum Gasteiger partial charge on any atom is 0.231 e. The molecule has 5 nitrogen and oxygen atoms in total. The Hall–Kier alpha value is -0.940. The van der Waals surface area contributed by atoms with Crippen LogP contribution in [0.4, 0.5) is 0 Å². The quantitative estimate of drug-likeness (QED) is 0.761. The Kier molecular flexibility index (Phi) is 3.90. The predicted octanol–water partition coefficient (Wildman–Crippen LogP) is 1.11. The van der Waals surface area contributed by atoms with Gasteiger partial charge in [-0.1, -0.05) is 5.16 Å². The average Bonchev–Trinajstić information content (AvgIpc) is 2.87. The molecule has 0 bridgehead atoms. The van der Waals surface area contributed by atoms with Crippen LogP contribution >= 0.6 is 0 Å². The third kappa shape index (κ3) is 2.59. The van der Waals surface area contributed by atoms with Gasteiger partial charge in [0, 0.05) is 19.1 Å². The molecule has 0 aromatic carbocycles. The molecule has 2 atom stereocenters. The van der Waals surface area contributed by atoms with Gasteiger partial charge >= 0.3 is 0 Å². The van der Waals surface area contributed by atoms with Gasteiger partial charge in [-0.3, -0.25) is 0 Å². The van der Waals surface area contributed by atoms with Crippen molar-refractivity contribution in [3.8, 4) is 0 Å². The Morgan fingerprint density at radius 2 is 2.44 bits per heavy atom. The van der Waals surface area contributed by atoms with Crippen LogP contribution in [0.3, 0.4) is 0 Å². The molecule has 90 valence electrons. The molecule has 1 aromatic heterocycles. The largest absolute Gasteiger partial charge is 0.381 e. The molecule has 1 aliphatic heterocycles. The summed E-state index contributed by atoms with van der Waals surface area (Å²) in [5.74, 6) is 1.89. The van der Waals surface area contributed by atoms with Crippen molar-refractivity contribution in [3.63, 3.8) is 0 Å². The van der Waals surface area contributed by atoms with E-state index in [1.54, 1.807) is 0 Å². The van der Waals surface area contributed by atoms with Gasteiger partial charge in [0.05, 0.1) is 12.5 Å². The van der Waals surface area contributed by atoms with E-state index in [2.05, 4.69) is 22.4 Å². The Bertz CT molecular complexity index is 327. The van der Waals surface area contributed by atoms with Gasteiger partial charge in [-0.25, -0.2) is 0 Å². The van der Waals surface area contributed by atoms with E-state index in [0.717, 1.165) is 37.7 Å². The van der Waals surface area contributed by atoms with Gasteiger partial charge in [0.1, 0.15) is 0 Å². The number of rotatable bonds is 5. The minimum atomic E-state index is 0.369. The third-order valence-corrected chi connectivity index (χ3v) is 3.00. The van der Waals surface area contributed by atoms with Crippen molar-refractivity contribution < 1.29 is 9.26 Å². The van der Waals surface area contributed by atoms with E-state index in [-0.39, 0.29) is 0 Å². The van der Waals surface area contributed by atoms with Crippen molar-refractivity contribution in [2.24, 2.45) is 0 Å². The van der Waals surface area contributed by atoms with Crippen molar-refractivity contribution in [2.75, 3.05) is 19.8 Å². The molecule has 2 heterocycles. The third-order valence-electron chi connectivity index (χ3n) is 3.00. The van der Waals surface area contributed by atoms with Crippen LogP contribution in [0.15, 0.2) is 4.52 Å². The summed E-state index contributed by atoms with van der Waals surface area (Å²) in [4.78, 5) is 4.42. The molecule has 0 saturated carbocycles. The topological polar surface area (TPSA) is 60.2 Å². The summed E-state index contributed by atoms with van der Waals surface area (Å²) in [6, 6.07) is 0.431. The molecular weight excluding hydrogens is 206 g/mol. The van der Waals surface area contributed by atoms with Gasteiger partial charge in [-0.05, 0) is 26.8 Å². The predicted molar refractivity (Wildman–Crippen MR) is 59.3 cm³/mol. The second-order valence-corrected chi connectivity index (χ2v) is 4.13. The van der Waals surface area contributed by atoms with Gasteiger partial charge < -0.3 is 14.6 Å². The van der Waals surface area contributed by atoms with E-state index < -0.39 is 0 Å². The lowest BCUT2D eigenvalue weighted by Crippen LogP contribution is -2.21. The minimum absolute atomic E-state index is 0.369. The maximum absolute atomic E-state index is 5.29. The SMILES string of the molecule is CCOCCc1noc(C2CCNC2C)n1. The first-order chi connectivity index (χ1) is 7.81. The molecule has 1 aliphatic rings. The summed E-state index contributed by atoms with van der Waals surface area (Å²) in [7, 11) is 0. The molecule has 0 aliphatic carbocycles. The Morgan fingerprint density at radius 1 is 1.56 bits per heavy atom. The summed E-state index contributed by atoms with van der Waals surface area (Å²) in [6.45, 7) is 6.56. The summed E-state index contributed by atoms with van der Waals surface area (Å²) >= 11 is 0. The van der Waals surface area contributed by atoms with Crippen LogP contribution in [0.1, 0.15) is 37.9 Å². The number of hydrogen-bond acceptors (Lipinski definition) is 5. The highest BCUT2D eigenvalue weighted by atomic mass is 16.5. The Morgan fingerprint density at radius 3 is 3.12 bits per heavy atom. The normalized spacial score (nSPS) is 25.1. The number of aromatic nitrogens is 2. The zero-order valence-corrected chi connectivity index (χ0v) is 9.90. The molecule has 5 heteroatoms. The maximum atomic E-state index is 5.29. The first kappa shape index (κ1) is 11.5. The monoisotopic (exact) mass is 225 g/mol. The molecule has 1 fully saturated rings. The molecule has 2 unspecified atom stereocenters. The number of hydrogen-bond donors (Lipinski definition) is 1. The lowest BCUT2D eigenvalue weighted by Gasteiger charge is -2.08. The fourth-order valence-electron chi connectivity index (χ4n) is 2.02. The van der Waals surface area contributed by atoms with Crippen LogP contribution < -0.4 is 5.32 Å². The highest BCUT2D eigenvalue weighted by molar-refractivity contribution is 5.02. The van der Waals surface area contributed by atoms with Gasteiger partial charge in [0.25, 0.3) is 0 Å². The number of nitrogens with one attached hydrogen (secondary N) is 1. The van der Waals surface area contributed by atoms with Gasteiger partial charge in [-0.2, -0.15) is 4.98 Å². The molecule has 0 spiro atoms. The van der Waals surface area contributed by atoms with Crippen LogP contribution in [-0.4, -0.2) is 35.9 Å². The van der Waals surface area contributed by atoms with Crippen LogP contribution in [0.25, 0.3) is 0 Å². The summed E-state index contributed by atoms with van der Waals surface area (Å²) in [6.07, 6.45) is 1.81. The Balaban J connectivity index is 1.91. The van der Waals surface area contributed by atoms with E-state index >= 15 is 0 Å². The molecule has 1 aromatic rings. The van der Waals surface area contributed by atoms with Crippen molar-refractivity contribution in [1.82, 2.24) is 15.5 Å². The van der Waals surface area contributed by atoms with Crippen LogP contribution in [-0.2, 0) is 11.2 Å². The Labute approximate surface area is 95.6 Å². The standard InChI is InChI=1S/C11H19N3O2/c1-3-15-7-5-10-13-11(16-14-10)9-4-6-12-8(9)2/h8-9,12H,3-7H2,1-2H3. The fraction of sp³-hybridized carbons (Fsp3) is 0.818. The van der Waals surface area contributed by atoms with Crippen molar-refractivity contribution in [1.29, 1.82) is 0 Å². The second kappa shape index (κ2) is 5.41. The second-order valence-electron chi connectivity index (χ2n) is 4.13. The summed E-state index contributed by atoms with van der Waals surface area (Å²) in [5, 5.41) is 7.35. The zero-order valence-electron chi connectivity index (χ0n) is 9.90. The van der Waals surface area contributed by atoms with Crippen molar-refractivity contribution >= 4 is 0 Å². The van der Waals surface area contributed by atoms with Crippen molar-refractivity contribution in [2.45, 2.75) is 38.6 Å². The molecule has 1 saturated heterocycles. The van der Waals surface area contributed by atoms with E-state index in [0.29, 0.717) is 18.6 Å². The first-order valence-corrected chi connectivity index (χ1v) is 5.95. The summed E-state index contributed by atoms with van der Waals surface area (Å²) in [5.41, 5.74) is 0. The highest BCUT2D eigenvalue weighted by Crippen LogP contribution is 2.25. The van der Waals surface area contributed by atoms with Gasteiger partial charge in [-0.15, -0.1) is 0 Å². The molecule has 16 heavy (non-hydrogen) atoms. The van der Waals surface area contributed by atoms with Crippen LogP contribution in [0.2, 0.25) is 0 Å². The zero-order chi connectivity index (χ0) is 11.4. The van der Waals surface area contributed by atoms with Crippen molar-refractivity contribution in [3.05, 3.63) is 11.7 Å². The van der Waals surface area contributed by atoms with Gasteiger partial charge in [0.15, 0.2) is 5.82 Å². The fourth-order valence-corrected chi connectivity index (χ4v) is 2.02. The minimum Gasteiger partial charge on any atom is -0.381 e. The van der Waals surface area contributed by atoms with Crippen LogP contribution in [0, 0.1) is 0 Å². The number of nitrogens with zero attached hydrogens (tertiary/aromatic N) is 2. The number of ether oxygens (including phenoxy) is 1. The smallest absolute Gasteiger partial charge is 0.231 e. The van der Waals surface area contributed by atoms with Gasteiger partial charge in [0.2, 0.25) is 5.89 Å². The lowest BCUT2D eigenvalue weighted by molar-refractivity contribution is 0.149. The summed E-state index contributed by atoms with van der Waals surface area (Å²) < 4.78 is 10.6. The molecular formula is C11H19N3O2. The molecule has 0 amide bonds. The highest BCUT2D eigenvalue weighted by Gasteiger charge is 2.29. The first-order valence-electron chi connectivity index (χ1n) is 5.95. The van der Waals surface area contributed by atoms with E-state index in [4.69, 9.17) is 9.26 Å². The molecule has 1 N–H and O–H groups in total. The van der Waals surface area contributed by atoms with E-state index in [9.17, 15) is 0 Å². The van der Waals surface area contributed by atoms with E-state index in [1.807, 2.05) is 6.92 Å². The molecule has 0 radical (unpaired) electrons. The van der Waals surface area contributed by atoms with Crippen LogP contribution in [0.5, 0.6) is 0 Å². The lowest BCUT2D eigenvalue weighted by atomic mass is 10.0. The molecule has 2 rings (SSSR count). The van der Waals surface area contributed by atoms with E-state index in [1.165, 1.54) is 0 Å². The average molecular weight is 225 g/mol.